The number of esters is 1. The fourth-order valence-corrected chi connectivity index (χ4v) is 3.44. The third-order valence-corrected chi connectivity index (χ3v) is 4.75. The first-order chi connectivity index (χ1) is 12.9. The third-order valence-electron chi connectivity index (χ3n) is 4.49. The lowest BCUT2D eigenvalue weighted by Crippen LogP contribution is -2.13. The van der Waals surface area contributed by atoms with Gasteiger partial charge in [0.15, 0.2) is 5.75 Å². The standard InChI is InChI=1S/C21H20ClNO4/c1-5-16-18(26-4)11-10-17-19(16)20(27-13(3)24)12(2)23(17)21(25)14-6-8-15(22)9-7-14/h6-11H,5H2,1-4H3. The topological polar surface area (TPSA) is 57.5 Å². The van der Waals surface area contributed by atoms with E-state index in [1.54, 1.807) is 48.9 Å². The number of methoxy groups -OCH3 is 1. The highest BCUT2D eigenvalue weighted by Crippen LogP contribution is 2.40. The smallest absolute Gasteiger partial charge is 0.308 e. The van der Waals surface area contributed by atoms with Gasteiger partial charge < -0.3 is 9.47 Å². The predicted molar refractivity (Wildman–Crippen MR) is 105 cm³/mol. The van der Waals surface area contributed by atoms with Crippen molar-refractivity contribution in [2.75, 3.05) is 7.11 Å². The molecule has 0 unspecified atom stereocenters. The van der Waals surface area contributed by atoms with Gasteiger partial charge in [0.2, 0.25) is 0 Å². The molecule has 0 radical (unpaired) electrons. The molecule has 0 aliphatic rings. The summed E-state index contributed by atoms with van der Waals surface area (Å²) in [7, 11) is 1.59. The molecule has 0 N–H and O–H groups in total. The maximum atomic E-state index is 13.2. The average Bonchev–Trinajstić information content (AvgIpc) is 2.92. The van der Waals surface area contributed by atoms with Gasteiger partial charge in [-0.25, -0.2) is 0 Å². The summed E-state index contributed by atoms with van der Waals surface area (Å²) in [6.45, 7) is 5.09. The minimum Gasteiger partial charge on any atom is -0.496 e. The molecule has 0 atom stereocenters. The van der Waals surface area contributed by atoms with Crippen molar-refractivity contribution in [1.29, 1.82) is 0 Å². The van der Waals surface area contributed by atoms with Gasteiger partial charge in [-0.3, -0.25) is 14.2 Å². The Balaban J connectivity index is 2.33. The number of aryl methyl sites for hydroxylation is 1. The summed E-state index contributed by atoms with van der Waals surface area (Å²) in [4.78, 5) is 24.9. The zero-order chi connectivity index (χ0) is 19.7. The van der Waals surface area contributed by atoms with E-state index in [1.807, 2.05) is 13.0 Å². The Morgan fingerprint density at radius 1 is 1.11 bits per heavy atom. The maximum Gasteiger partial charge on any atom is 0.308 e. The fraction of sp³-hybridized carbons (Fsp3) is 0.238. The molecule has 0 amide bonds. The number of rotatable bonds is 4. The van der Waals surface area contributed by atoms with Crippen LogP contribution in [0.3, 0.4) is 0 Å². The average molecular weight is 386 g/mol. The first kappa shape index (κ1) is 19.0. The second-order valence-corrected chi connectivity index (χ2v) is 6.59. The Hall–Kier alpha value is -2.79. The summed E-state index contributed by atoms with van der Waals surface area (Å²) in [6, 6.07) is 10.3. The van der Waals surface area contributed by atoms with Crippen LogP contribution >= 0.6 is 11.6 Å². The SMILES string of the molecule is CCc1c(OC)ccc2c1c(OC(C)=O)c(C)n2C(=O)c1ccc(Cl)cc1. The molecule has 0 bridgehead atoms. The molecule has 0 saturated heterocycles. The van der Waals surface area contributed by atoms with Crippen molar-refractivity contribution < 1.29 is 19.1 Å². The molecule has 27 heavy (non-hydrogen) atoms. The van der Waals surface area contributed by atoms with Crippen molar-refractivity contribution in [3.05, 3.63) is 58.2 Å². The monoisotopic (exact) mass is 385 g/mol. The van der Waals surface area contributed by atoms with Crippen LogP contribution in [-0.4, -0.2) is 23.6 Å². The molecular weight excluding hydrogens is 366 g/mol. The fourth-order valence-electron chi connectivity index (χ4n) is 3.31. The summed E-state index contributed by atoms with van der Waals surface area (Å²) in [5.41, 5.74) is 2.60. The number of benzene rings is 2. The first-order valence-corrected chi connectivity index (χ1v) is 8.96. The van der Waals surface area contributed by atoms with E-state index >= 15 is 0 Å². The van der Waals surface area contributed by atoms with Crippen LogP contribution in [0.2, 0.25) is 5.02 Å². The zero-order valence-corrected chi connectivity index (χ0v) is 16.4. The molecule has 0 fully saturated rings. The van der Waals surface area contributed by atoms with Gasteiger partial charge >= 0.3 is 5.97 Å². The molecule has 0 spiro atoms. The number of nitrogens with zero attached hydrogens (tertiary/aromatic N) is 1. The Kier molecular flexibility index (Phi) is 5.24. The molecule has 0 aliphatic heterocycles. The van der Waals surface area contributed by atoms with E-state index in [0.29, 0.717) is 45.1 Å². The predicted octanol–water partition coefficient (Wildman–Crippen LogP) is 4.79. The second kappa shape index (κ2) is 7.45. The molecule has 0 aliphatic carbocycles. The lowest BCUT2D eigenvalue weighted by Gasteiger charge is -2.10. The van der Waals surface area contributed by atoms with Gasteiger partial charge in [0.05, 0.1) is 23.7 Å². The van der Waals surface area contributed by atoms with Crippen LogP contribution in [0, 0.1) is 6.92 Å². The van der Waals surface area contributed by atoms with Gasteiger partial charge in [0.1, 0.15) is 5.75 Å². The number of ether oxygens (including phenoxy) is 2. The number of hydrogen-bond acceptors (Lipinski definition) is 4. The summed E-state index contributed by atoms with van der Waals surface area (Å²) in [5, 5.41) is 1.27. The lowest BCUT2D eigenvalue weighted by molar-refractivity contribution is -0.131. The summed E-state index contributed by atoms with van der Waals surface area (Å²) in [6.07, 6.45) is 0.660. The molecule has 1 heterocycles. The minimum atomic E-state index is -0.444. The van der Waals surface area contributed by atoms with Crippen molar-refractivity contribution in [1.82, 2.24) is 4.57 Å². The van der Waals surface area contributed by atoms with Gasteiger partial charge in [0.25, 0.3) is 5.91 Å². The van der Waals surface area contributed by atoms with Crippen LogP contribution in [0.25, 0.3) is 10.9 Å². The highest BCUT2D eigenvalue weighted by Gasteiger charge is 2.25. The minimum absolute atomic E-state index is 0.222. The number of fused-ring (bicyclic) bond motifs is 1. The normalized spacial score (nSPS) is 10.9. The Bertz CT molecular complexity index is 1030. The van der Waals surface area contributed by atoms with E-state index in [0.717, 1.165) is 5.56 Å². The second-order valence-electron chi connectivity index (χ2n) is 6.15. The summed E-state index contributed by atoms with van der Waals surface area (Å²) in [5.74, 6) is 0.408. The Labute approximate surface area is 162 Å². The number of aromatic nitrogens is 1. The molecule has 3 aromatic rings. The lowest BCUT2D eigenvalue weighted by atomic mass is 10.1. The van der Waals surface area contributed by atoms with Crippen LogP contribution < -0.4 is 9.47 Å². The number of carbonyl (C=O) groups is 2. The van der Waals surface area contributed by atoms with Crippen molar-refractivity contribution in [3.63, 3.8) is 0 Å². The van der Waals surface area contributed by atoms with E-state index in [4.69, 9.17) is 21.1 Å². The zero-order valence-electron chi connectivity index (χ0n) is 15.6. The maximum absolute atomic E-state index is 13.2. The van der Waals surface area contributed by atoms with Gasteiger partial charge in [-0.05, 0) is 49.7 Å². The molecule has 3 rings (SSSR count). The molecular formula is C21H20ClNO4. The van der Waals surface area contributed by atoms with Gasteiger partial charge in [-0.1, -0.05) is 18.5 Å². The largest absolute Gasteiger partial charge is 0.496 e. The van der Waals surface area contributed by atoms with Gasteiger partial charge in [-0.15, -0.1) is 0 Å². The molecule has 6 heteroatoms. The van der Waals surface area contributed by atoms with Gasteiger partial charge in [0, 0.05) is 23.1 Å². The van der Waals surface area contributed by atoms with Gasteiger partial charge in [-0.2, -0.15) is 0 Å². The molecule has 0 saturated carbocycles. The van der Waals surface area contributed by atoms with E-state index in [9.17, 15) is 9.59 Å². The summed E-state index contributed by atoms with van der Waals surface area (Å²) < 4.78 is 12.5. The Morgan fingerprint density at radius 3 is 2.33 bits per heavy atom. The Morgan fingerprint density at radius 2 is 1.78 bits per heavy atom. The highest BCUT2D eigenvalue weighted by molar-refractivity contribution is 6.30. The quantitative estimate of drug-likeness (QED) is 0.606. The van der Waals surface area contributed by atoms with Crippen molar-refractivity contribution in [3.8, 4) is 11.5 Å². The number of hydrogen-bond donors (Lipinski definition) is 0. The van der Waals surface area contributed by atoms with E-state index in [1.165, 1.54) is 6.92 Å². The van der Waals surface area contributed by atoms with Crippen LogP contribution in [0.4, 0.5) is 0 Å². The van der Waals surface area contributed by atoms with Crippen LogP contribution in [0.15, 0.2) is 36.4 Å². The van der Waals surface area contributed by atoms with Crippen molar-refractivity contribution in [2.45, 2.75) is 27.2 Å². The summed E-state index contributed by atoms with van der Waals surface area (Å²) >= 11 is 5.93. The van der Waals surface area contributed by atoms with E-state index in [2.05, 4.69) is 0 Å². The molecule has 140 valence electrons. The van der Waals surface area contributed by atoms with Crippen LogP contribution in [0.5, 0.6) is 11.5 Å². The van der Waals surface area contributed by atoms with E-state index in [-0.39, 0.29) is 5.91 Å². The van der Waals surface area contributed by atoms with Crippen molar-refractivity contribution >= 4 is 34.4 Å². The highest BCUT2D eigenvalue weighted by atomic mass is 35.5. The number of carbonyl (C=O) groups excluding carboxylic acids is 2. The molecule has 1 aromatic heterocycles. The van der Waals surface area contributed by atoms with E-state index < -0.39 is 5.97 Å². The van der Waals surface area contributed by atoms with Crippen molar-refractivity contribution in [2.24, 2.45) is 0 Å². The molecule has 5 nitrogen and oxygen atoms in total. The molecule has 2 aromatic carbocycles. The number of halogens is 1. The van der Waals surface area contributed by atoms with Crippen LogP contribution in [0.1, 0.15) is 35.5 Å². The van der Waals surface area contributed by atoms with Crippen LogP contribution in [-0.2, 0) is 11.2 Å². The third kappa shape index (κ3) is 3.30. The first-order valence-electron chi connectivity index (χ1n) is 8.58.